The third-order valence-corrected chi connectivity index (χ3v) is 1.57. The molecule has 1 atom stereocenters. The molecule has 0 rings (SSSR count). The molecule has 0 aromatic rings. The predicted octanol–water partition coefficient (Wildman–Crippen LogP) is 0.655. The molecule has 4 nitrogen and oxygen atoms in total. The van der Waals surface area contributed by atoms with Crippen LogP contribution >= 0.6 is 0 Å². The molecule has 0 N–H and O–H groups in total. The van der Waals surface area contributed by atoms with Crippen molar-refractivity contribution < 1.29 is 12.6 Å². The van der Waals surface area contributed by atoms with E-state index < -0.39 is 16.2 Å². The summed E-state index contributed by atoms with van der Waals surface area (Å²) in [6, 6.07) is 1.76. The molecule has 64 valence electrons. The highest BCUT2D eigenvalue weighted by molar-refractivity contribution is 7.86. The van der Waals surface area contributed by atoms with Gasteiger partial charge in [0.1, 0.15) is 0 Å². The summed E-state index contributed by atoms with van der Waals surface area (Å²) in [5, 5.41) is 8.38. The topological polar surface area (TPSA) is 67.2 Å². The van der Waals surface area contributed by atoms with Gasteiger partial charge in [-0.05, 0) is 6.42 Å². The first-order valence-electron chi connectivity index (χ1n) is 3.27. The van der Waals surface area contributed by atoms with Crippen LogP contribution in [0.4, 0.5) is 0 Å². The second-order valence-electron chi connectivity index (χ2n) is 2.21. The van der Waals surface area contributed by atoms with Crippen molar-refractivity contribution in [3.05, 3.63) is 0 Å². The van der Waals surface area contributed by atoms with Crippen LogP contribution in [0.3, 0.4) is 0 Å². The maximum absolute atomic E-state index is 10.5. The molecule has 0 saturated carbocycles. The Hall–Kier alpha value is -0.600. The molecule has 0 aromatic heterocycles. The minimum Gasteiger partial charge on any atom is -0.252 e. The molecule has 1 unspecified atom stereocenters. The van der Waals surface area contributed by atoms with E-state index in [0.29, 0.717) is 6.42 Å². The highest BCUT2D eigenvalue weighted by Gasteiger charge is 2.12. The first-order valence-corrected chi connectivity index (χ1v) is 5.09. The van der Waals surface area contributed by atoms with Crippen LogP contribution in [0.5, 0.6) is 0 Å². The summed E-state index contributed by atoms with van der Waals surface area (Å²) in [7, 11) is -3.48. The molecule has 0 aliphatic carbocycles. The quantitative estimate of drug-likeness (QED) is 0.591. The fourth-order valence-corrected chi connectivity index (χ4v) is 1.17. The molecule has 0 aliphatic rings. The van der Waals surface area contributed by atoms with Crippen LogP contribution < -0.4 is 0 Å². The van der Waals surface area contributed by atoms with Gasteiger partial charge in [-0.25, -0.2) is 0 Å². The van der Waals surface area contributed by atoms with E-state index in [-0.39, 0.29) is 0 Å². The van der Waals surface area contributed by atoms with Crippen molar-refractivity contribution in [2.24, 2.45) is 0 Å². The standard InChI is InChI=1S/C6H11NO3S/c1-3-4-6(5-7)10-11(2,8)9/h6H,3-4H2,1-2H3. The monoisotopic (exact) mass is 177 g/mol. The van der Waals surface area contributed by atoms with E-state index in [1.165, 1.54) is 0 Å². The Morgan fingerprint density at radius 2 is 2.18 bits per heavy atom. The third kappa shape index (κ3) is 5.83. The van der Waals surface area contributed by atoms with E-state index in [4.69, 9.17) is 5.26 Å². The zero-order valence-electron chi connectivity index (χ0n) is 6.57. The second kappa shape index (κ2) is 4.31. The Bertz CT molecular complexity index is 239. The summed E-state index contributed by atoms with van der Waals surface area (Å²) in [4.78, 5) is 0. The molecule has 0 aromatic carbocycles. The first kappa shape index (κ1) is 10.4. The van der Waals surface area contributed by atoms with Gasteiger partial charge < -0.3 is 0 Å². The van der Waals surface area contributed by atoms with Gasteiger partial charge in [0.2, 0.25) is 0 Å². The maximum Gasteiger partial charge on any atom is 0.265 e. The van der Waals surface area contributed by atoms with Crippen LogP contribution in [0.25, 0.3) is 0 Å². The molecule has 0 aliphatic heterocycles. The summed E-state index contributed by atoms with van der Waals surface area (Å²) in [5.74, 6) is 0. The van der Waals surface area contributed by atoms with E-state index >= 15 is 0 Å². The van der Waals surface area contributed by atoms with Gasteiger partial charge in [0.25, 0.3) is 10.1 Å². The lowest BCUT2D eigenvalue weighted by molar-refractivity contribution is 0.253. The fraction of sp³-hybridized carbons (Fsp3) is 0.833. The van der Waals surface area contributed by atoms with E-state index in [0.717, 1.165) is 12.7 Å². The van der Waals surface area contributed by atoms with Crippen LogP contribution in [0.1, 0.15) is 19.8 Å². The Balaban J connectivity index is 4.02. The van der Waals surface area contributed by atoms with Gasteiger partial charge in [-0.1, -0.05) is 13.3 Å². The number of rotatable bonds is 4. The molecule has 11 heavy (non-hydrogen) atoms. The zero-order chi connectivity index (χ0) is 8.91. The van der Waals surface area contributed by atoms with Crippen LogP contribution in [0.2, 0.25) is 0 Å². The van der Waals surface area contributed by atoms with Crippen molar-refractivity contribution in [2.75, 3.05) is 6.26 Å². The normalized spacial score (nSPS) is 13.9. The molecule has 5 heteroatoms. The molecule has 0 spiro atoms. The van der Waals surface area contributed by atoms with Crippen molar-refractivity contribution >= 4 is 10.1 Å². The largest absolute Gasteiger partial charge is 0.265 e. The summed E-state index contributed by atoms with van der Waals surface area (Å²) in [5.41, 5.74) is 0. The Morgan fingerprint density at radius 3 is 2.45 bits per heavy atom. The van der Waals surface area contributed by atoms with Crippen LogP contribution in [0, 0.1) is 11.3 Å². The molecule has 0 fully saturated rings. The van der Waals surface area contributed by atoms with Gasteiger partial charge in [-0.3, -0.25) is 4.18 Å². The first-order chi connectivity index (χ1) is 4.99. The second-order valence-corrected chi connectivity index (χ2v) is 3.81. The summed E-state index contributed by atoms with van der Waals surface area (Å²) < 4.78 is 25.4. The lowest BCUT2D eigenvalue weighted by Crippen LogP contribution is -2.15. The molecular formula is C6H11NO3S. The highest BCUT2D eigenvalue weighted by atomic mass is 32.2. The van der Waals surface area contributed by atoms with Crippen molar-refractivity contribution in [3.8, 4) is 6.07 Å². The number of nitriles is 1. The number of hydrogen-bond acceptors (Lipinski definition) is 4. The fourth-order valence-electron chi connectivity index (χ4n) is 0.607. The number of hydrogen-bond donors (Lipinski definition) is 0. The Labute approximate surface area is 66.9 Å². The van der Waals surface area contributed by atoms with Gasteiger partial charge in [-0.15, -0.1) is 0 Å². The third-order valence-electron chi connectivity index (χ3n) is 0.986. The number of nitrogens with zero attached hydrogens (tertiary/aromatic N) is 1. The van der Waals surface area contributed by atoms with Gasteiger partial charge in [-0.2, -0.15) is 13.7 Å². The molecule has 0 heterocycles. The molecular weight excluding hydrogens is 166 g/mol. The van der Waals surface area contributed by atoms with Crippen molar-refractivity contribution in [2.45, 2.75) is 25.9 Å². The highest BCUT2D eigenvalue weighted by Crippen LogP contribution is 2.03. The van der Waals surface area contributed by atoms with Crippen molar-refractivity contribution in [3.63, 3.8) is 0 Å². The van der Waals surface area contributed by atoms with Gasteiger partial charge in [0.15, 0.2) is 6.10 Å². The summed E-state index contributed by atoms with van der Waals surface area (Å²) in [6.45, 7) is 1.86. The summed E-state index contributed by atoms with van der Waals surface area (Å²) in [6.07, 6.45) is 1.29. The van der Waals surface area contributed by atoms with Gasteiger partial charge in [0.05, 0.1) is 12.3 Å². The van der Waals surface area contributed by atoms with Crippen molar-refractivity contribution in [1.82, 2.24) is 0 Å². The van der Waals surface area contributed by atoms with Crippen LogP contribution in [0.15, 0.2) is 0 Å². The SMILES string of the molecule is CCCC(C#N)OS(C)(=O)=O. The average molecular weight is 177 g/mol. The Kier molecular flexibility index (Phi) is 4.08. The predicted molar refractivity (Wildman–Crippen MR) is 40.2 cm³/mol. The van der Waals surface area contributed by atoms with E-state index in [1.54, 1.807) is 6.07 Å². The smallest absolute Gasteiger partial charge is 0.252 e. The maximum atomic E-state index is 10.5. The van der Waals surface area contributed by atoms with Crippen LogP contribution in [-0.4, -0.2) is 20.8 Å². The lowest BCUT2D eigenvalue weighted by Gasteiger charge is -2.05. The van der Waals surface area contributed by atoms with Crippen molar-refractivity contribution in [1.29, 1.82) is 5.26 Å². The lowest BCUT2D eigenvalue weighted by atomic mass is 10.2. The Morgan fingerprint density at radius 1 is 1.64 bits per heavy atom. The molecule has 0 bridgehead atoms. The van der Waals surface area contributed by atoms with Gasteiger partial charge in [0, 0.05) is 0 Å². The van der Waals surface area contributed by atoms with Crippen LogP contribution in [-0.2, 0) is 14.3 Å². The molecule has 0 amide bonds. The molecule has 0 radical (unpaired) electrons. The van der Waals surface area contributed by atoms with E-state index in [1.807, 2.05) is 6.92 Å². The van der Waals surface area contributed by atoms with Gasteiger partial charge >= 0.3 is 0 Å². The average Bonchev–Trinajstić information content (AvgIpc) is 1.84. The molecule has 0 saturated heterocycles. The minimum absolute atomic E-state index is 0.448. The zero-order valence-corrected chi connectivity index (χ0v) is 7.39. The summed E-state index contributed by atoms with van der Waals surface area (Å²) >= 11 is 0. The van der Waals surface area contributed by atoms with E-state index in [2.05, 4.69) is 4.18 Å². The van der Waals surface area contributed by atoms with E-state index in [9.17, 15) is 8.42 Å². The minimum atomic E-state index is -3.48.